The van der Waals surface area contributed by atoms with Gasteiger partial charge in [-0.1, -0.05) is 60.1 Å². The van der Waals surface area contributed by atoms with Gasteiger partial charge in [0.2, 0.25) is 0 Å². The van der Waals surface area contributed by atoms with E-state index in [-0.39, 0.29) is 5.56 Å². The number of benzene rings is 3. The molecule has 0 saturated carbocycles. The van der Waals surface area contributed by atoms with Crippen molar-refractivity contribution in [3.8, 4) is 22.7 Å². The van der Waals surface area contributed by atoms with Crippen LogP contribution in [0.2, 0.25) is 5.02 Å². The van der Waals surface area contributed by atoms with Gasteiger partial charge in [0, 0.05) is 30.2 Å². The van der Waals surface area contributed by atoms with Crippen molar-refractivity contribution in [2.75, 3.05) is 0 Å². The summed E-state index contributed by atoms with van der Waals surface area (Å²) in [6.07, 6.45) is -0.633. The first-order chi connectivity index (χ1) is 17.3. The van der Waals surface area contributed by atoms with Crippen LogP contribution in [0.1, 0.15) is 28.5 Å². The van der Waals surface area contributed by atoms with E-state index >= 15 is 0 Å². The molecular weight excluding hydrogens is 474 g/mol. The third-order valence-electron chi connectivity index (χ3n) is 7.04. The molecule has 6 nitrogen and oxygen atoms in total. The number of fused-ring (bicyclic) bond motifs is 5. The van der Waals surface area contributed by atoms with Crippen LogP contribution in [0.25, 0.3) is 27.8 Å². The van der Waals surface area contributed by atoms with E-state index in [9.17, 15) is 9.59 Å². The maximum absolute atomic E-state index is 13.8. The van der Waals surface area contributed by atoms with Crippen molar-refractivity contribution >= 4 is 22.5 Å². The van der Waals surface area contributed by atoms with E-state index in [0.29, 0.717) is 27.4 Å². The Labute approximate surface area is 212 Å². The Bertz CT molecular complexity index is 1830. The first-order valence-electron chi connectivity index (χ1n) is 11.7. The largest absolute Gasteiger partial charge is 0.477 e. The van der Waals surface area contributed by atoms with Crippen LogP contribution in [0, 0.1) is 13.8 Å². The highest BCUT2D eigenvalue weighted by atomic mass is 35.5. The van der Waals surface area contributed by atoms with Crippen molar-refractivity contribution < 1.29 is 4.74 Å². The van der Waals surface area contributed by atoms with E-state index in [4.69, 9.17) is 16.3 Å². The number of ether oxygens (including phenoxy) is 1. The van der Waals surface area contributed by atoms with Crippen molar-refractivity contribution in [3.63, 3.8) is 0 Å². The van der Waals surface area contributed by atoms with Crippen LogP contribution < -0.4 is 16.0 Å². The van der Waals surface area contributed by atoms with E-state index in [1.165, 1.54) is 11.6 Å². The van der Waals surface area contributed by atoms with Gasteiger partial charge in [-0.25, -0.2) is 4.79 Å². The van der Waals surface area contributed by atoms with Crippen LogP contribution in [0.4, 0.5) is 0 Å². The van der Waals surface area contributed by atoms with Crippen LogP contribution in [0.5, 0.6) is 5.75 Å². The van der Waals surface area contributed by atoms with Crippen LogP contribution in [0.15, 0.2) is 76.3 Å². The molecule has 3 aromatic carbocycles. The molecule has 0 N–H and O–H groups in total. The Balaban J connectivity index is 1.91. The Morgan fingerprint density at radius 2 is 1.61 bits per heavy atom. The second-order valence-electron chi connectivity index (χ2n) is 9.30. The van der Waals surface area contributed by atoms with Gasteiger partial charge >= 0.3 is 5.69 Å². The van der Waals surface area contributed by atoms with Gasteiger partial charge in [0.05, 0.1) is 28.0 Å². The standard InChI is InChI=1S/C29H24ClN3O3/c1-16-13-14-22-21(15-16)33-24(18-10-6-5-9-17(18)2)23-25(31(3)29(35)32(4)28(23)34)26(33)27(36-22)19-11-7-8-12-20(19)30/h5-15,27H,1-4H3. The fraction of sp³-hybridized carbons (Fsp3) is 0.172. The summed E-state index contributed by atoms with van der Waals surface area (Å²) in [6, 6.07) is 21.5. The monoisotopic (exact) mass is 497 g/mol. The van der Waals surface area contributed by atoms with Gasteiger partial charge in [-0.05, 0) is 43.2 Å². The predicted octanol–water partition coefficient (Wildman–Crippen LogP) is 5.45. The number of halogens is 1. The lowest BCUT2D eigenvalue weighted by atomic mass is 10.0. The zero-order valence-corrected chi connectivity index (χ0v) is 21.1. The van der Waals surface area contributed by atoms with Crippen molar-refractivity contribution in [1.82, 2.24) is 13.7 Å². The Hall–Kier alpha value is -4.03. The zero-order chi connectivity index (χ0) is 25.3. The molecule has 0 radical (unpaired) electrons. The van der Waals surface area contributed by atoms with Crippen molar-refractivity contribution in [2.45, 2.75) is 20.0 Å². The SMILES string of the molecule is Cc1ccc2c(c1)-n1c(-c3ccccc3C)c3c(=O)n(C)c(=O)n(C)c3c1C(c1ccccc1Cl)O2. The van der Waals surface area contributed by atoms with Gasteiger partial charge in [0.15, 0.2) is 6.10 Å². The summed E-state index contributed by atoms with van der Waals surface area (Å²) in [5, 5.41) is 1.02. The lowest BCUT2D eigenvalue weighted by Crippen LogP contribution is -2.37. The summed E-state index contributed by atoms with van der Waals surface area (Å²) >= 11 is 6.68. The molecule has 1 aliphatic rings. The minimum absolute atomic E-state index is 0.347. The summed E-state index contributed by atoms with van der Waals surface area (Å²) < 4.78 is 11.4. The number of aryl methyl sites for hydroxylation is 3. The second-order valence-corrected chi connectivity index (χ2v) is 9.71. The van der Waals surface area contributed by atoms with Crippen molar-refractivity contribution in [1.29, 1.82) is 0 Å². The molecule has 6 rings (SSSR count). The molecule has 1 unspecified atom stereocenters. The quantitative estimate of drug-likeness (QED) is 0.326. The minimum atomic E-state index is -0.633. The molecule has 0 spiro atoms. The lowest BCUT2D eigenvalue weighted by molar-refractivity contribution is 0.229. The first-order valence-corrected chi connectivity index (χ1v) is 12.1. The molecule has 2 aromatic heterocycles. The zero-order valence-electron chi connectivity index (χ0n) is 20.4. The maximum Gasteiger partial charge on any atom is 0.331 e. The molecule has 5 aromatic rings. The fourth-order valence-electron chi connectivity index (χ4n) is 5.26. The van der Waals surface area contributed by atoms with Crippen LogP contribution in [0.3, 0.4) is 0 Å². The molecule has 7 heteroatoms. The molecular formula is C29H24ClN3O3. The summed E-state index contributed by atoms with van der Waals surface area (Å²) in [7, 11) is 3.21. The third-order valence-corrected chi connectivity index (χ3v) is 7.39. The van der Waals surface area contributed by atoms with Gasteiger partial charge in [0.25, 0.3) is 5.56 Å². The van der Waals surface area contributed by atoms with E-state index in [2.05, 4.69) is 4.57 Å². The maximum atomic E-state index is 13.8. The Kier molecular flexibility index (Phi) is 4.99. The normalized spacial score (nSPS) is 14.4. The highest BCUT2D eigenvalue weighted by Crippen LogP contribution is 2.48. The van der Waals surface area contributed by atoms with Gasteiger partial charge in [-0.2, -0.15) is 0 Å². The lowest BCUT2D eigenvalue weighted by Gasteiger charge is -2.31. The number of hydrogen-bond acceptors (Lipinski definition) is 3. The molecule has 0 fully saturated rings. The second kappa shape index (κ2) is 8.00. The van der Waals surface area contributed by atoms with Crippen LogP contribution >= 0.6 is 11.6 Å². The average molecular weight is 498 g/mol. The topological polar surface area (TPSA) is 58.2 Å². The first kappa shape index (κ1) is 22.4. The van der Waals surface area contributed by atoms with E-state index in [0.717, 1.165) is 33.6 Å². The highest BCUT2D eigenvalue weighted by molar-refractivity contribution is 6.31. The Morgan fingerprint density at radius 1 is 0.889 bits per heavy atom. The van der Waals surface area contributed by atoms with Gasteiger partial charge in [-0.3, -0.25) is 13.9 Å². The third kappa shape index (κ3) is 3.04. The van der Waals surface area contributed by atoms with Gasteiger partial charge < -0.3 is 9.30 Å². The molecule has 36 heavy (non-hydrogen) atoms. The molecule has 1 atom stereocenters. The van der Waals surface area contributed by atoms with E-state index in [1.54, 1.807) is 11.6 Å². The van der Waals surface area contributed by atoms with Crippen LogP contribution in [-0.2, 0) is 14.1 Å². The van der Waals surface area contributed by atoms with Gasteiger partial charge in [0.1, 0.15) is 5.75 Å². The number of aromatic nitrogens is 3. The van der Waals surface area contributed by atoms with Crippen molar-refractivity contribution in [3.05, 3.63) is 115 Å². The molecule has 0 aliphatic carbocycles. The van der Waals surface area contributed by atoms with E-state index < -0.39 is 11.8 Å². The number of rotatable bonds is 2. The summed E-state index contributed by atoms with van der Waals surface area (Å²) in [4.78, 5) is 26.9. The number of hydrogen-bond donors (Lipinski definition) is 0. The highest BCUT2D eigenvalue weighted by Gasteiger charge is 2.37. The van der Waals surface area contributed by atoms with Gasteiger partial charge in [-0.15, -0.1) is 0 Å². The molecule has 180 valence electrons. The minimum Gasteiger partial charge on any atom is -0.477 e. The number of nitrogens with zero attached hydrogens (tertiary/aromatic N) is 3. The molecule has 0 bridgehead atoms. The Morgan fingerprint density at radius 3 is 2.36 bits per heavy atom. The molecule has 0 saturated heterocycles. The fourth-order valence-corrected chi connectivity index (χ4v) is 5.50. The molecule has 3 heterocycles. The molecule has 0 amide bonds. The summed E-state index contributed by atoms with van der Waals surface area (Å²) in [5.41, 5.74) is 5.79. The summed E-state index contributed by atoms with van der Waals surface area (Å²) in [5.74, 6) is 0.676. The molecule has 1 aliphatic heterocycles. The smallest absolute Gasteiger partial charge is 0.331 e. The summed E-state index contributed by atoms with van der Waals surface area (Å²) in [6.45, 7) is 4.04. The predicted molar refractivity (Wildman–Crippen MR) is 143 cm³/mol. The average Bonchev–Trinajstić information content (AvgIpc) is 3.23. The van der Waals surface area contributed by atoms with Crippen molar-refractivity contribution in [2.24, 2.45) is 14.1 Å². The van der Waals surface area contributed by atoms with E-state index in [1.807, 2.05) is 80.6 Å². The van der Waals surface area contributed by atoms with Crippen LogP contribution in [-0.4, -0.2) is 13.7 Å².